The number of nitrogens with zero attached hydrogens (tertiary/aromatic N) is 2. The van der Waals surface area contributed by atoms with Crippen LogP contribution in [0.3, 0.4) is 0 Å². The Morgan fingerprint density at radius 3 is 2.71 bits per heavy atom. The molecule has 0 saturated carbocycles. The van der Waals surface area contributed by atoms with Crippen molar-refractivity contribution >= 4 is 0 Å². The molecular weight excluding hydrogens is 174 g/mol. The first-order valence-corrected chi connectivity index (χ1v) is 4.72. The summed E-state index contributed by atoms with van der Waals surface area (Å²) in [5, 5.41) is 0. The van der Waals surface area contributed by atoms with Crippen LogP contribution in [0.5, 0.6) is 0 Å². The Morgan fingerprint density at radius 1 is 1.14 bits per heavy atom. The molecule has 14 heavy (non-hydrogen) atoms. The molecule has 0 spiro atoms. The smallest absolute Gasteiger partial charge is 0.0421 e. The molecule has 0 aliphatic carbocycles. The van der Waals surface area contributed by atoms with Crippen LogP contribution in [0.25, 0.3) is 0 Å². The summed E-state index contributed by atoms with van der Waals surface area (Å²) in [7, 11) is 0. The highest BCUT2D eigenvalue weighted by atomic mass is 15.4. The number of hydrogen-bond donors (Lipinski definition) is 1. The fourth-order valence-corrected chi connectivity index (χ4v) is 1.30. The molecule has 0 bridgehead atoms. The van der Waals surface area contributed by atoms with Gasteiger partial charge in [-0.05, 0) is 24.3 Å². The van der Waals surface area contributed by atoms with Crippen LogP contribution in [0.2, 0.25) is 0 Å². The number of nitrogens with one attached hydrogen (secondary N) is 1. The highest BCUT2D eigenvalue weighted by Crippen LogP contribution is 1.94. The van der Waals surface area contributed by atoms with Crippen molar-refractivity contribution in [3.05, 3.63) is 54.6 Å². The lowest BCUT2D eigenvalue weighted by Crippen LogP contribution is -2.15. The van der Waals surface area contributed by atoms with Gasteiger partial charge in [0.25, 0.3) is 0 Å². The number of pyridine rings is 1. The van der Waals surface area contributed by atoms with Crippen LogP contribution in [0.15, 0.2) is 48.9 Å². The van der Waals surface area contributed by atoms with Gasteiger partial charge in [-0.1, -0.05) is 6.07 Å². The van der Waals surface area contributed by atoms with Crippen LogP contribution >= 0.6 is 0 Å². The predicted molar refractivity (Wildman–Crippen MR) is 56.6 cm³/mol. The highest BCUT2D eigenvalue weighted by molar-refractivity contribution is 5.04. The highest BCUT2D eigenvalue weighted by Gasteiger charge is 1.91. The molecule has 0 radical (unpaired) electrons. The Morgan fingerprint density at radius 2 is 2.00 bits per heavy atom. The molecule has 0 aromatic carbocycles. The first-order chi connectivity index (χ1) is 6.95. The zero-order valence-electron chi connectivity index (χ0n) is 7.93. The minimum Gasteiger partial charge on any atom is -0.326 e. The van der Waals surface area contributed by atoms with E-state index in [0.29, 0.717) is 0 Å². The summed E-state index contributed by atoms with van der Waals surface area (Å²) in [6.07, 6.45) is 6.74. The monoisotopic (exact) mass is 187 g/mol. The molecule has 3 heteroatoms. The lowest BCUT2D eigenvalue weighted by molar-refractivity contribution is 0.815. The van der Waals surface area contributed by atoms with Crippen LogP contribution in [0, 0.1) is 0 Å². The largest absolute Gasteiger partial charge is 0.326 e. The van der Waals surface area contributed by atoms with E-state index < -0.39 is 0 Å². The molecule has 0 amide bonds. The zero-order valence-corrected chi connectivity index (χ0v) is 7.93. The molecule has 0 aliphatic heterocycles. The molecule has 3 nitrogen and oxygen atoms in total. The topological polar surface area (TPSA) is 29.9 Å². The Bertz CT molecular complexity index is 353. The second kappa shape index (κ2) is 4.46. The third-order valence-corrected chi connectivity index (χ3v) is 2.01. The van der Waals surface area contributed by atoms with Crippen molar-refractivity contribution in [2.24, 2.45) is 0 Å². The molecule has 72 valence electrons. The average Bonchev–Trinajstić information content (AvgIpc) is 2.72. The third-order valence-electron chi connectivity index (χ3n) is 2.01. The minimum absolute atomic E-state index is 0.895. The summed E-state index contributed by atoms with van der Waals surface area (Å²) in [4.78, 5) is 4.25. The summed E-state index contributed by atoms with van der Waals surface area (Å²) in [6, 6.07) is 9.97. The van der Waals surface area contributed by atoms with E-state index in [1.54, 1.807) is 0 Å². The molecule has 2 heterocycles. The van der Waals surface area contributed by atoms with E-state index in [1.807, 2.05) is 53.6 Å². The van der Waals surface area contributed by atoms with Crippen LogP contribution in [0.4, 0.5) is 0 Å². The molecule has 1 N–H and O–H groups in total. The zero-order chi connectivity index (χ0) is 9.64. The first kappa shape index (κ1) is 8.81. The summed E-state index contributed by atoms with van der Waals surface area (Å²) in [5.74, 6) is 0. The van der Waals surface area contributed by atoms with Crippen molar-refractivity contribution in [3.63, 3.8) is 0 Å². The quantitative estimate of drug-likeness (QED) is 0.789. The van der Waals surface area contributed by atoms with Gasteiger partial charge < -0.3 is 5.43 Å². The van der Waals surface area contributed by atoms with Crippen molar-refractivity contribution < 1.29 is 0 Å². The van der Waals surface area contributed by atoms with E-state index in [9.17, 15) is 0 Å². The second-order valence-electron chi connectivity index (χ2n) is 3.07. The minimum atomic E-state index is 0.895. The van der Waals surface area contributed by atoms with Gasteiger partial charge in [0, 0.05) is 37.3 Å². The molecule has 0 aliphatic rings. The fourth-order valence-electron chi connectivity index (χ4n) is 1.30. The van der Waals surface area contributed by atoms with Crippen LogP contribution in [0.1, 0.15) is 5.69 Å². The summed E-state index contributed by atoms with van der Waals surface area (Å²) in [5.41, 5.74) is 4.37. The molecule has 2 aromatic heterocycles. The molecule has 0 fully saturated rings. The van der Waals surface area contributed by atoms with Crippen LogP contribution in [-0.2, 0) is 6.42 Å². The van der Waals surface area contributed by atoms with Gasteiger partial charge in [-0.15, -0.1) is 0 Å². The van der Waals surface area contributed by atoms with E-state index in [1.165, 1.54) is 0 Å². The van der Waals surface area contributed by atoms with Crippen molar-refractivity contribution in [1.82, 2.24) is 9.66 Å². The Labute approximate surface area is 83.4 Å². The number of aromatic nitrogens is 2. The Balaban J connectivity index is 1.79. The van der Waals surface area contributed by atoms with E-state index in [4.69, 9.17) is 0 Å². The van der Waals surface area contributed by atoms with E-state index in [0.717, 1.165) is 18.7 Å². The maximum absolute atomic E-state index is 4.25. The Kier molecular flexibility index (Phi) is 2.81. The van der Waals surface area contributed by atoms with E-state index >= 15 is 0 Å². The standard InChI is InChI=1S/C11H13N3/c1-2-7-12-11(5-1)6-8-13-14-9-3-4-10-14/h1-5,7,9-10,13H,6,8H2. The summed E-state index contributed by atoms with van der Waals surface area (Å²) in [6.45, 7) is 0.895. The van der Waals surface area contributed by atoms with Crippen molar-refractivity contribution in [2.45, 2.75) is 6.42 Å². The first-order valence-electron chi connectivity index (χ1n) is 4.72. The normalized spacial score (nSPS) is 10.0. The number of hydrogen-bond acceptors (Lipinski definition) is 2. The van der Waals surface area contributed by atoms with Crippen molar-refractivity contribution in [3.8, 4) is 0 Å². The van der Waals surface area contributed by atoms with Crippen molar-refractivity contribution in [1.29, 1.82) is 0 Å². The van der Waals surface area contributed by atoms with Gasteiger partial charge in [-0.2, -0.15) is 0 Å². The fraction of sp³-hybridized carbons (Fsp3) is 0.182. The molecule has 2 rings (SSSR count). The number of rotatable bonds is 4. The van der Waals surface area contributed by atoms with Gasteiger partial charge >= 0.3 is 0 Å². The van der Waals surface area contributed by atoms with Gasteiger partial charge in [-0.25, -0.2) is 0 Å². The predicted octanol–water partition coefficient (Wildman–Crippen LogP) is 1.67. The molecule has 2 aromatic rings. The van der Waals surface area contributed by atoms with E-state index in [2.05, 4.69) is 10.4 Å². The van der Waals surface area contributed by atoms with Gasteiger partial charge in [0.1, 0.15) is 0 Å². The van der Waals surface area contributed by atoms with E-state index in [-0.39, 0.29) is 0 Å². The SMILES string of the molecule is c1ccc(CCNn2cccc2)nc1. The molecule has 0 atom stereocenters. The second-order valence-corrected chi connectivity index (χ2v) is 3.07. The van der Waals surface area contributed by atoms with Crippen LogP contribution < -0.4 is 5.43 Å². The van der Waals surface area contributed by atoms with Gasteiger partial charge in [0.15, 0.2) is 0 Å². The molecule has 0 saturated heterocycles. The molecular formula is C11H13N3. The lowest BCUT2D eigenvalue weighted by Gasteiger charge is -2.06. The summed E-state index contributed by atoms with van der Waals surface area (Å²) >= 11 is 0. The average molecular weight is 187 g/mol. The van der Waals surface area contributed by atoms with Gasteiger partial charge in [-0.3, -0.25) is 9.66 Å². The Hall–Kier alpha value is -1.77. The van der Waals surface area contributed by atoms with Gasteiger partial charge in [0.05, 0.1) is 0 Å². The molecule has 0 unspecified atom stereocenters. The van der Waals surface area contributed by atoms with Crippen molar-refractivity contribution in [2.75, 3.05) is 12.0 Å². The maximum Gasteiger partial charge on any atom is 0.0421 e. The third kappa shape index (κ3) is 2.36. The van der Waals surface area contributed by atoms with Gasteiger partial charge in [0.2, 0.25) is 0 Å². The lowest BCUT2D eigenvalue weighted by atomic mass is 10.3. The maximum atomic E-state index is 4.25. The van der Waals surface area contributed by atoms with Crippen LogP contribution in [-0.4, -0.2) is 16.2 Å². The summed E-state index contributed by atoms with van der Waals surface area (Å²) < 4.78 is 1.95.